The summed E-state index contributed by atoms with van der Waals surface area (Å²) in [6.45, 7) is 6.35. The summed E-state index contributed by atoms with van der Waals surface area (Å²) in [6.07, 6.45) is -13.0. The molecule has 0 unspecified atom stereocenters. The molecule has 1 rings (SSSR count). The zero-order valence-corrected chi connectivity index (χ0v) is 13.1. The minimum absolute atomic E-state index is 0.295. The Balaban J connectivity index is 2.94. The smallest absolute Gasteiger partial charge is 0.398 e. The first-order valence-electron chi connectivity index (χ1n) is 6.89. The van der Waals surface area contributed by atoms with Crippen LogP contribution in [0.15, 0.2) is 11.8 Å². The second-order valence-electron chi connectivity index (χ2n) is 6.54. The van der Waals surface area contributed by atoms with E-state index in [2.05, 4.69) is 0 Å². The van der Waals surface area contributed by atoms with Gasteiger partial charge in [-0.2, -0.15) is 26.3 Å². The fourth-order valence-electron chi connectivity index (χ4n) is 2.04. The Morgan fingerprint density at radius 2 is 1.26 bits per heavy atom. The molecule has 0 aliphatic carbocycles. The van der Waals surface area contributed by atoms with E-state index in [-0.39, 0.29) is 0 Å². The van der Waals surface area contributed by atoms with Gasteiger partial charge >= 0.3 is 19.5 Å². The zero-order chi connectivity index (χ0) is 18.3. The number of alkyl halides is 6. The van der Waals surface area contributed by atoms with Gasteiger partial charge in [0.2, 0.25) is 0 Å². The van der Waals surface area contributed by atoms with Crippen LogP contribution in [0, 0.1) is 5.92 Å². The second kappa shape index (κ2) is 6.27. The van der Waals surface area contributed by atoms with Gasteiger partial charge in [-0.15, -0.1) is 0 Å². The average Bonchev–Trinajstić information content (AvgIpc) is 2.42. The molecule has 0 spiro atoms. The fraction of sp³-hybridized carbons (Fsp3) is 0.846. The highest BCUT2D eigenvalue weighted by atomic mass is 19.4. The van der Waals surface area contributed by atoms with Gasteiger partial charge in [0.05, 0.1) is 24.0 Å². The topological polar surface area (TPSA) is 18.5 Å². The molecule has 1 fully saturated rings. The molecular formula is C13H18BF7O2. The molecule has 0 radical (unpaired) electrons. The number of halogens is 7. The van der Waals surface area contributed by atoms with Gasteiger partial charge in [0, 0.05) is 0 Å². The Bertz CT molecular complexity index is 422. The molecule has 0 aromatic carbocycles. The summed E-state index contributed by atoms with van der Waals surface area (Å²) < 4.78 is 98.8. The second-order valence-corrected chi connectivity index (χ2v) is 6.54. The largest absolute Gasteiger partial charge is 0.524 e. The van der Waals surface area contributed by atoms with E-state index in [9.17, 15) is 30.7 Å². The first-order chi connectivity index (χ1) is 10.0. The third kappa shape index (κ3) is 5.98. The van der Waals surface area contributed by atoms with Crippen molar-refractivity contribution in [3.8, 4) is 0 Å². The number of allylic oxidation sites excluding steroid dienone is 1. The summed E-state index contributed by atoms with van der Waals surface area (Å²) in [6, 6.07) is 0. The van der Waals surface area contributed by atoms with Gasteiger partial charge in [-0.1, -0.05) is 6.08 Å². The lowest BCUT2D eigenvalue weighted by atomic mass is 9.84. The van der Waals surface area contributed by atoms with Crippen LogP contribution in [0.2, 0.25) is 0 Å². The van der Waals surface area contributed by atoms with E-state index in [1.54, 1.807) is 27.7 Å². The average molecular weight is 350 g/mol. The summed E-state index contributed by atoms with van der Waals surface area (Å²) in [5.74, 6) is -2.07. The van der Waals surface area contributed by atoms with Crippen molar-refractivity contribution in [3.05, 3.63) is 11.8 Å². The molecule has 134 valence electrons. The third-order valence-electron chi connectivity index (χ3n) is 3.86. The van der Waals surface area contributed by atoms with Gasteiger partial charge in [-0.25, -0.2) is 4.39 Å². The molecule has 0 bridgehead atoms. The van der Waals surface area contributed by atoms with E-state index in [0.717, 1.165) is 0 Å². The van der Waals surface area contributed by atoms with Crippen molar-refractivity contribution in [2.24, 2.45) is 5.92 Å². The number of rotatable bonds is 4. The van der Waals surface area contributed by atoms with Crippen LogP contribution in [-0.4, -0.2) is 30.7 Å². The van der Waals surface area contributed by atoms with E-state index >= 15 is 0 Å². The normalized spacial score (nSPS) is 22.1. The minimum atomic E-state index is -4.84. The van der Waals surface area contributed by atoms with Crippen molar-refractivity contribution in [3.63, 3.8) is 0 Å². The first-order valence-corrected chi connectivity index (χ1v) is 6.89. The van der Waals surface area contributed by atoms with E-state index < -0.39 is 55.2 Å². The highest BCUT2D eigenvalue weighted by Gasteiger charge is 2.53. The molecule has 1 aliphatic rings. The van der Waals surface area contributed by atoms with Crippen LogP contribution in [0.25, 0.3) is 0 Å². The standard InChI is InChI=1S/C13H18BF7O2/c1-10(2)11(3,4)23-14(22-10)9(15)5-8(6-12(16,17)18)7-13(19,20)21/h5,8H,6-7H2,1-4H3. The van der Waals surface area contributed by atoms with Crippen LogP contribution in [0.1, 0.15) is 40.5 Å². The molecule has 10 heteroatoms. The molecule has 1 saturated heterocycles. The molecule has 23 heavy (non-hydrogen) atoms. The number of hydrogen-bond acceptors (Lipinski definition) is 2. The monoisotopic (exact) mass is 350 g/mol. The summed E-state index contributed by atoms with van der Waals surface area (Å²) in [5, 5.41) is 0. The minimum Gasteiger partial charge on any atom is -0.398 e. The predicted octanol–water partition coefficient (Wildman–Crippen LogP) is 4.99. The molecule has 1 heterocycles. The molecule has 1 aliphatic heterocycles. The summed E-state index contributed by atoms with van der Waals surface area (Å²) in [4.78, 5) is 0. The maximum Gasteiger partial charge on any atom is 0.524 e. The van der Waals surface area contributed by atoms with Crippen LogP contribution in [-0.2, 0) is 9.31 Å². The van der Waals surface area contributed by atoms with E-state index in [1.165, 1.54) is 0 Å². The summed E-state index contributed by atoms with van der Waals surface area (Å²) in [5.41, 5.74) is -3.19. The summed E-state index contributed by atoms with van der Waals surface area (Å²) >= 11 is 0. The van der Waals surface area contributed by atoms with E-state index in [0.29, 0.717) is 6.08 Å². The van der Waals surface area contributed by atoms with Crippen LogP contribution in [0.3, 0.4) is 0 Å². The van der Waals surface area contributed by atoms with E-state index in [4.69, 9.17) is 9.31 Å². The Labute approximate surface area is 130 Å². The van der Waals surface area contributed by atoms with Crippen LogP contribution in [0.4, 0.5) is 30.7 Å². The van der Waals surface area contributed by atoms with Crippen molar-refractivity contribution in [1.82, 2.24) is 0 Å². The molecular weight excluding hydrogens is 332 g/mol. The quantitative estimate of drug-likeness (QED) is 0.525. The molecule has 0 aromatic rings. The fourth-order valence-corrected chi connectivity index (χ4v) is 2.04. The molecule has 0 N–H and O–H groups in total. The SMILES string of the molecule is CC1(C)OB(C(F)=CC(CC(F)(F)F)CC(F)(F)F)OC1(C)C. The van der Waals surface area contributed by atoms with Gasteiger partial charge in [0.25, 0.3) is 0 Å². The molecule has 0 amide bonds. The maximum atomic E-state index is 14.1. The van der Waals surface area contributed by atoms with Crippen LogP contribution < -0.4 is 0 Å². The van der Waals surface area contributed by atoms with Gasteiger partial charge in [-0.3, -0.25) is 0 Å². The Morgan fingerprint density at radius 3 is 1.57 bits per heavy atom. The maximum absolute atomic E-state index is 14.1. The van der Waals surface area contributed by atoms with Gasteiger partial charge in [0.1, 0.15) is 5.73 Å². The zero-order valence-electron chi connectivity index (χ0n) is 13.1. The Morgan fingerprint density at radius 1 is 0.913 bits per heavy atom. The highest BCUT2D eigenvalue weighted by molar-refractivity contribution is 6.53. The molecule has 0 saturated carbocycles. The van der Waals surface area contributed by atoms with Crippen molar-refractivity contribution in [1.29, 1.82) is 0 Å². The van der Waals surface area contributed by atoms with Crippen molar-refractivity contribution >= 4 is 7.12 Å². The van der Waals surface area contributed by atoms with Crippen molar-refractivity contribution in [2.75, 3.05) is 0 Å². The Hall–Kier alpha value is -0.765. The third-order valence-corrected chi connectivity index (χ3v) is 3.86. The highest BCUT2D eigenvalue weighted by Crippen LogP contribution is 2.40. The molecule has 0 aromatic heterocycles. The molecule has 2 nitrogen and oxygen atoms in total. The number of hydrogen-bond donors (Lipinski definition) is 0. The van der Waals surface area contributed by atoms with E-state index in [1.807, 2.05) is 0 Å². The predicted molar refractivity (Wildman–Crippen MR) is 70.1 cm³/mol. The lowest BCUT2D eigenvalue weighted by molar-refractivity contribution is -0.167. The summed E-state index contributed by atoms with van der Waals surface area (Å²) in [7, 11) is -1.62. The molecule has 0 atom stereocenters. The van der Waals surface area contributed by atoms with Gasteiger partial charge < -0.3 is 9.31 Å². The van der Waals surface area contributed by atoms with Gasteiger partial charge in [-0.05, 0) is 33.6 Å². The first kappa shape index (κ1) is 20.3. The van der Waals surface area contributed by atoms with Crippen LogP contribution >= 0.6 is 0 Å². The van der Waals surface area contributed by atoms with Crippen LogP contribution in [0.5, 0.6) is 0 Å². The Kier molecular flexibility index (Phi) is 5.53. The van der Waals surface area contributed by atoms with Crippen molar-refractivity contribution in [2.45, 2.75) is 64.1 Å². The van der Waals surface area contributed by atoms with Gasteiger partial charge in [0.15, 0.2) is 0 Å². The lowest BCUT2D eigenvalue weighted by Crippen LogP contribution is -2.41. The van der Waals surface area contributed by atoms with Crippen molar-refractivity contribution < 1.29 is 40.0 Å². The lowest BCUT2D eigenvalue weighted by Gasteiger charge is -2.32.